The standard InChI is InChI=1S/C15H23N3O/c1-2-4-13(3-1)14-9-15(18-11-17-14)19-10-12-5-7-16-8-6-12/h9,11-13,16H,1-8,10H2. The maximum absolute atomic E-state index is 5.87. The van der Waals surface area contributed by atoms with Gasteiger partial charge in [0.25, 0.3) is 0 Å². The van der Waals surface area contributed by atoms with E-state index in [-0.39, 0.29) is 0 Å². The molecule has 4 nitrogen and oxygen atoms in total. The Hall–Kier alpha value is -1.16. The lowest BCUT2D eigenvalue weighted by Gasteiger charge is -2.22. The Balaban J connectivity index is 1.56. The summed E-state index contributed by atoms with van der Waals surface area (Å²) >= 11 is 0. The van der Waals surface area contributed by atoms with Gasteiger partial charge in [-0.05, 0) is 44.7 Å². The van der Waals surface area contributed by atoms with E-state index < -0.39 is 0 Å². The Bertz CT molecular complexity index is 398. The monoisotopic (exact) mass is 261 g/mol. The fraction of sp³-hybridized carbons (Fsp3) is 0.733. The number of nitrogens with zero attached hydrogens (tertiary/aromatic N) is 2. The molecule has 1 saturated heterocycles. The average molecular weight is 261 g/mol. The van der Waals surface area contributed by atoms with Crippen LogP contribution in [0.5, 0.6) is 5.88 Å². The summed E-state index contributed by atoms with van der Waals surface area (Å²) in [5.74, 6) is 2.06. The van der Waals surface area contributed by atoms with E-state index in [1.54, 1.807) is 6.33 Å². The van der Waals surface area contributed by atoms with Crippen LogP contribution >= 0.6 is 0 Å². The second kappa shape index (κ2) is 6.33. The van der Waals surface area contributed by atoms with Crippen LogP contribution in [0.4, 0.5) is 0 Å². The first-order chi connectivity index (χ1) is 9.42. The molecule has 19 heavy (non-hydrogen) atoms. The molecule has 0 bridgehead atoms. The van der Waals surface area contributed by atoms with Crippen molar-refractivity contribution in [1.29, 1.82) is 0 Å². The third kappa shape index (κ3) is 3.44. The molecule has 1 aliphatic heterocycles. The first-order valence-corrected chi connectivity index (χ1v) is 7.57. The lowest BCUT2D eigenvalue weighted by Crippen LogP contribution is -2.30. The van der Waals surface area contributed by atoms with Crippen molar-refractivity contribution in [2.24, 2.45) is 5.92 Å². The number of piperidine rings is 1. The highest BCUT2D eigenvalue weighted by Gasteiger charge is 2.19. The molecule has 0 atom stereocenters. The van der Waals surface area contributed by atoms with Crippen LogP contribution in [-0.2, 0) is 0 Å². The summed E-state index contributed by atoms with van der Waals surface area (Å²) in [6, 6.07) is 2.05. The van der Waals surface area contributed by atoms with Crippen LogP contribution in [0.2, 0.25) is 0 Å². The summed E-state index contributed by atoms with van der Waals surface area (Å²) in [6.07, 6.45) is 9.28. The number of rotatable bonds is 4. The van der Waals surface area contributed by atoms with Crippen LogP contribution in [-0.4, -0.2) is 29.7 Å². The van der Waals surface area contributed by atoms with Gasteiger partial charge in [-0.1, -0.05) is 12.8 Å². The molecular weight excluding hydrogens is 238 g/mol. The summed E-state index contributed by atoms with van der Waals surface area (Å²) in [7, 11) is 0. The fourth-order valence-corrected chi connectivity index (χ4v) is 3.13. The van der Waals surface area contributed by atoms with E-state index in [1.807, 2.05) is 0 Å². The molecule has 2 fully saturated rings. The van der Waals surface area contributed by atoms with Crippen molar-refractivity contribution in [3.63, 3.8) is 0 Å². The Labute approximate surface area is 115 Å². The van der Waals surface area contributed by atoms with Crippen LogP contribution in [0.25, 0.3) is 0 Å². The summed E-state index contributed by atoms with van der Waals surface area (Å²) in [4.78, 5) is 8.66. The second-order valence-corrected chi connectivity index (χ2v) is 5.77. The molecule has 1 aliphatic carbocycles. The Morgan fingerprint density at radius 3 is 2.68 bits per heavy atom. The van der Waals surface area contributed by atoms with E-state index >= 15 is 0 Å². The van der Waals surface area contributed by atoms with Crippen LogP contribution in [0.15, 0.2) is 12.4 Å². The lowest BCUT2D eigenvalue weighted by molar-refractivity contribution is 0.208. The van der Waals surface area contributed by atoms with Gasteiger partial charge >= 0.3 is 0 Å². The van der Waals surface area contributed by atoms with Gasteiger partial charge < -0.3 is 10.1 Å². The highest BCUT2D eigenvalue weighted by Crippen LogP contribution is 2.33. The summed E-state index contributed by atoms with van der Waals surface area (Å²) in [6.45, 7) is 3.03. The van der Waals surface area contributed by atoms with Crippen LogP contribution < -0.4 is 10.1 Å². The van der Waals surface area contributed by atoms with Gasteiger partial charge in [0.1, 0.15) is 6.33 Å². The van der Waals surface area contributed by atoms with E-state index in [1.165, 1.54) is 44.2 Å². The largest absolute Gasteiger partial charge is 0.477 e. The van der Waals surface area contributed by atoms with E-state index in [9.17, 15) is 0 Å². The van der Waals surface area contributed by atoms with Crippen molar-refractivity contribution < 1.29 is 4.74 Å². The zero-order chi connectivity index (χ0) is 12.9. The van der Waals surface area contributed by atoms with E-state index in [0.717, 1.165) is 25.6 Å². The predicted molar refractivity (Wildman–Crippen MR) is 74.3 cm³/mol. The van der Waals surface area contributed by atoms with Crippen molar-refractivity contribution in [1.82, 2.24) is 15.3 Å². The Morgan fingerprint density at radius 1 is 1.11 bits per heavy atom. The highest BCUT2D eigenvalue weighted by atomic mass is 16.5. The van der Waals surface area contributed by atoms with Crippen LogP contribution in [0.3, 0.4) is 0 Å². The number of nitrogens with one attached hydrogen (secondary N) is 1. The second-order valence-electron chi connectivity index (χ2n) is 5.77. The van der Waals surface area contributed by atoms with Crippen molar-refractivity contribution in [3.05, 3.63) is 18.1 Å². The predicted octanol–water partition coefficient (Wildman–Crippen LogP) is 2.51. The van der Waals surface area contributed by atoms with Gasteiger partial charge in [-0.15, -0.1) is 0 Å². The van der Waals surface area contributed by atoms with Crippen LogP contribution in [0, 0.1) is 5.92 Å². The Kier molecular flexibility index (Phi) is 4.28. The molecule has 4 heteroatoms. The maximum atomic E-state index is 5.87. The van der Waals surface area contributed by atoms with Crippen molar-refractivity contribution >= 4 is 0 Å². The van der Waals surface area contributed by atoms with Gasteiger partial charge in [0, 0.05) is 12.0 Å². The van der Waals surface area contributed by atoms with Crippen LogP contribution in [0.1, 0.15) is 50.1 Å². The normalized spacial score (nSPS) is 21.7. The van der Waals surface area contributed by atoms with Gasteiger partial charge in [-0.25, -0.2) is 9.97 Å². The minimum Gasteiger partial charge on any atom is -0.477 e. The van der Waals surface area contributed by atoms with Gasteiger partial charge in [-0.3, -0.25) is 0 Å². The maximum Gasteiger partial charge on any atom is 0.216 e. The van der Waals surface area contributed by atoms with E-state index in [4.69, 9.17) is 4.74 Å². The number of hydrogen-bond acceptors (Lipinski definition) is 4. The third-order valence-electron chi connectivity index (χ3n) is 4.36. The molecule has 1 N–H and O–H groups in total. The zero-order valence-corrected chi connectivity index (χ0v) is 11.5. The first kappa shape index (κ1) is 12.9. The minimum atomic E-state index is 0.629. The Morgan fingerprint density at radius 2 is 1.89 bits per heavy atom. The SMILES string of the molecule is c1nc(OCC2CCNCC2)cc(C2CCCC2)n1. The van der Waals surface area contributed by atoms with Gasteiger partial charge in [-0.2, -0.15) is 0 Å². The van der Waals surface area contributed by atoms with Gasteiger partial charge in [0.05, 0.1) is 12.3 Å². The summed E-state index contributed by atoms with van der Waals surface area (Å²) in [5.41, 5.74) is 1.17. The molecule has 1 aromatic heterocycles. The molecular formula is C15H23N3O. The van der Waals surface area contributed by atoms with E-state index in [0.29, 0.717) is 11.8 Å². The van der Waals surface area contributed by atoms with E-state index in [2.05, 4.69) is 21.4 Å². The number of hydrogen-bond donors (Lipinski definition) is 1. The van der Waals surface area contributed by atoms with Gasteiger partial charge in [0.15, 0.2) is 0 Å². The molecule has 2 heterocycles. The molecule has 0 unspecified atom stereocenters. The summed E-state index contributed by atoms with van der Waals surface area (Å²) in [5, 5.41) is 3.38. The average Bonchev–Trinajstić information content (AvgIpc) is 3.01. The quantitative estimate of drug-likeness (QED) is 0.904. The molecule has 0 spiro atoms. The topological polar surface area (TPSA) is 47.0 Å². The molecule has 0 radical (unpaired) electrons. The van der Waals surface area contributed by atoms with Crippen molar-refractivity contribution in [2.45, 2.75) is 44.4 Å². The smallest absolute Gasteiger partial charge is 0.216 e. The third-order valence-corrected chi connectivity index (χ3v) is 4.36. The lowest BCUT2D eigenvalue weighted by atomic mass is 9.99. The molecule has 0 aromatic carbocycles. The molecule has 0 amide bonds. The molecule has 104 valence electrons. The first-order valence-electron chi connectivity index (χ1n) is 7.57. The molecule has 1 saturated carbocycles. The molecule has 2 aliphatic rings. The minimum absolute atomic E-state index is 0.629. The molecule has 1 aromatic rings. The molecule has 3 rings (SSSR count). The van der Waals surface area contributed by atoms with Crippen molar-refractivity contribution in [2.75, 3.05) is 19.7 Å². The highest BCUT2D eigenvalue weighted by molar-refractivity contribution is 5.17. The number of ether oxygens (including phenoxy) is 1. The zero-order valence-electron chi connectivity index (χ0n) is 11.5. The summed E-state index contributed by atoms with van der Waals surface area (Å²) < 4.78 is 5.87. The fourth-order valence-electron chi connectivity index (χ4n) is 3.13. The van der Waals surface area contributed by atoms with Gasteiger partial charge in [0.2, 0.25) is 5.88 Å². The van der Waals surface area contributed by atoms with Crippen molar-refractivity contribution in [3.8, 4) is 5.88 Å². The number of aromatic nitrogens is 2.